The van der Waals surface area contributed by atoms with Crippen LogP contribution in [-0.2, 0) is 24.3 Å². The van der Waals surface area contributed by atoms with Crippen LogP contribution in [0.1, 0.15) is 35.1 Å². The second-order valence-corrected chi connectivity index (χ2v) is 6.99. The van der Waals surface area contributed by atoms with Gasteiger partial charge in [0.1, 0.15) is 5.54 Å². The van der Waals surface area contributed by atoms with Crippen LogP contribution in [0.2, 0.25) is 0 Å². The number of hydrogen-bond donors (Lipinski definition) is 1. The van der Waals surface area contributed by atoms with Gasteiger partial charge in [-0.2, -0.15) is 5.26 Å². The zero-order chi connectivity index (χ0) is 17.3. The molecule has 0 aromatic heterocycles. The molecule has 1 amide bonds. The third kappa shape index (κ3) is 2.81. The number of carbonyl (C=O) groups is 1. The van der Waals surface area contributed by atoms with Crippen LogP contribution in [0.25, 0.3) is 0 Å². The third-order valence-electron chi connectivity index (χ3n) is 5.54. The van der Waals surface area contributed by atoms with Gasteiger partial charge in [0.15, 0.2) is 0 Å². The monoisotopic (exact) mass is 331 g/mol. The van der Waals surface area contributed by atoms with E-state index in [2.05, 4.69) is 34.5 Å². The molecule has 2 heterocycles. The molecule has 0 bridgehead atoms. The third-order valence-corrected chi connectivity index (χ3v) is 5.54. The lowest BCUT2D eigenvalue weighted by atomic mass is 9.86. The van der Waals surface area contributed by atoms with E-state index in [1.807, 2.05) is 30.3 Å². The molecule has 2 aromatic rings. The average Bonchev–Trinajstić information content (AvgIpc) is 2.97. The summed E-state index contributed by atoms with van der Waals surface area (Å²) >= 11 is 0. The molecular formula is C21H21N3O. The fourth-order valence-corrected chi connectivity index (χ4v) is 4.17. The molecule has 2 aromatic carbocycles. The maximum Gasteiger partial charge on any atom is 0.241 e. The quantitative estimate of drug-likeness (QED) is 0.920. The lowest BCUT2D eigenvalue weighted by Crippen LogP contribution is -2.55. The number of amides is 1. The van der Waals surface area contributed by atoms with Crippen LogP contribution in [0.15, 0.2) is 48.5 Å². The molecule has 1 spiro atoms. The van der Waals surface area contributed by atoms with Crippen LogP contribution < -0.4 is 5.32 Å². The number of benzene rings is 2. The van der Waals surface area contributed by atoms with Crippen molar-refractivity contribution < 1.29 is 4.79 Å². The highest BCUT2D eigenvalue weighted by Gasteiger charge is 2.48. The molecule has 126 valence electrons. The van der Waals surface area contributed by atoms with E-state index in [1.54, 1.807) is 0 Å². The van der Waals surface area contributed by atoms with Gasteiger partial charge < -0.3 is 5.32 Å². The minimum atomic E-state index is -0.458. The maximum absolute atomic E-state index is 13.0. The van der Waals surface area contributed by atoms with Gasteiger partial charge in [0.2, 0.25) is 5.91 Å². The first kappa shape index (κ1) is 15.9. The number of likely N-dealkylation sites (tertiary alicyclic amines) is 1. The predicted molar refractivity (Wildman–Crippen MR) is 95.5 cm³/mol. The molecule has 4 nitrogen and oxygen atoms in total. The van der Waals surface area contributed by atoms with Crippen LogP contribution in [0.5, 0.6) is 0 Å². The summed E-state index contributed by atoms with van der Waals surface area (Å²) in [6.07, 6.45) is 2.70. The van der Waals surface area contributed by atoms with E-state index in [9.17, 15) is 4.79 Å². The van der Waals surface area contributed by atoms with Gasteiger partial charge in [-0.1, -0.05) is 36.4 Å². The van der Waals surface area contributed by atoms with Gasteiger partial charge in [0.25, 0.3) is 0 Å². The van der Waals surface area contributed by atoms with Crippen molar-refractivity contribution in [3.63, 3.8) is 0 Å². The largest absolute Gasteiger partial charge is 0.350 e. The molecule has 1 atom stereocenters. The highest BCUT2D eigenvalue weighted by molar-refractivity contribution is 5.87. The first-order chi connectivity index (χ1) is 12.2. The van der Waals surface area contributed by atoms with E-state index in [0.29, 0.717) is 12.1 Å². The van der Waals surface area contributed by atoms with Gasteiger partial charge in [0.05, 0.1) is 11.6 Å². The van der Waals surface area contributed by atoms with E-state index in [-0.39, 0.29) is 5.91 Å². The lowest BCUT2D eigenvalue weighted by molar-refractivity contribution is -0.132. The molecule has 4 rings (SSSR count). The van der Waals surface area contributed by atoms with Crippen LogP contribution in [0.4, 0.5) is 0 Å². The normalized spacial score (nSPS) is 22.9. The fraction of sp³-hybridized carbons (Fsp3) is 0.333. The van der Waals surface area contributed by atoms with E-state index >= 15 is 0 Å². The van der Waals surface area contributed by atoms with Crippen LogP contribution in [0.3, 0.4) is 0 Å². The number of nitrogens with one attached hydrogen (secondary N) is 1. The Hall–Kier alpha value is -2.64. The summed E-state index contributed by atoms with van der Waals surface area (Å²) in [7, 11) is 0. The van der Waals surface area contributed by atoms with Gasteiger partial charge in [-0.3, -0.25) is 9.69 Å². The highest BCUT2D eigenvalue weighted by atomic mass is 16.2. The second kappa shape index (κ2) is 6.34. The second-order valence-electron chi connectivity index (χ2n) is 6.99. The SMILES string of the molecule is N#Cc1ccc(CN2CCCC23Cc2ccccc2CNC3=O)cc1. The molecule has 1 saturated heterocycles. The molecule has 1 N–H and O–H groups in total. The van der Waals surface area contributed by atoms with E-state index in [0.717, 1.165) is 37.9 Å². The zero-order valence-corrected chi connectivity index (χ0v) is 14.2. The summed E-state index contributed by atoms with van der Waals surface area (Å²) in [5, 5.41) is 12.1. The number of fused-ring (bicyclic) bond motifs is 1. The van der Waals surface area contributed by atoms with Crippen LogP contribution >= 0.6 is 0 Å². The Morgan fingerprint density at radius 2 is 1.88 bits per heavy atom. The van der Waals surface area contributed by atoms with Crippen molar-refractivity contribution in [2.24, 2.45) is 0 Å². The summed E-state index contributed by atoms with van der Waals surface area (Å²) in [5.74, 6) is 0.148. The molecular weight excluding hydrogens is 310 g/mol. The van der Waals surface area contributed by atoms with Crippen molar-refractivity contribution in [1.82, 2.24) is 10.2 Å². The first-order valence-electron chi connectivity index (χ1n) is 8.80. The van der Waals surface area contributed by atoms with Crippen molar-refractivity contribution in [1.29, 1.82) is 5.26 Å². The molecule has 0 aliphatic carbocycles. The van der Waals surface area contributed by atoms with Crippen LogP contribution in [-0.4, -0.2) is 22.9 Å². The van der Waals surface area contributed by atoms with Crippen LogP contribution in [0, 0.1) is 11.3 Å². The van der Waals surface area contributed by atoms with Gasteiger partial charge in [0, 0.05) is 19.5 Å². The van der Waals surface area contributed by atoms with Gasteiger partial charge >= 0.3 is 0 Å². The number of carbonyl (C=O) groups excluding carboxylic acids is 1. The summed E-state index contributed by atoms with van der Waals surface area (Å²) in [6, 6.07) is 18.2. The molecule has 4 heteroatoms. The molecule has 2 aliphatic heterocycles. The lowest BCUT2D eigenvalue weighted by Gasteiger charge is -2.36. The highest BCUT2D eigenvalue weighted by Crippen LogP contribution is 2.36. The minimum absolute atomic E-state index is 0.148. The topological polar surface area (TPSA) is 56.1 Å². The Balaban J connectivity index is 1.64. The van der Waals surface area contributed by atoms with Gasteiger partial charge in [-0.05, 0) is 48.2 Å². The number of rotatable bonds is 2. The predicted octanol–water partition coefficient (Wildman–Crippen LogP) is 2.77. The Bertz CT molecular complexity index is 837. The Morgan fingerprint density at radius 1 is 1.12 bits per heavy atom. The van der Waals surface area contributed by atoms with E-state index in [4.69, 9.17) is 5.26 Å². The molecule has 25 heavy (non-hydrogen) atoms. The first-order valence-corrected chi connectivity index (χ1v) is 8.80. The molecule has 1 unspecified atom stereocenters. The number of nitrogens with zero attached hydrogens (tertiary/aromatic N) is 2. The average molecular weight is 331 g/mol. The van der Waals surface area contributed by atoms with Crippen molar-refractivity contribution in [2.45, 2.75) is 37.9 Å². The summed E-state index contributed by atoms with van der Waals surface area (Å²) < 4.78 is 0. The van der Waals surface area contributed by atoms with E-state index in [1.165, 1.54) is 11.1 Å². The summed E-state index contributed by atoms with van der Waals surface area (Å²) in [6.45, 7) is 2.28. The molecule has 1 fully saturated rings. The fourth-order valence-electron chi connectivity index (χ4n) is 4.17. The van der Waals surface area contributed by atoms with Crippen molar-refractivity contribution >= 4 is 5.91 Å². The standard InChI is InChI=1S/C21H21N3O/c22-13-16-6-8-17(9-7-16)15-24-11-3-10-21(24)12-18-4-1-2-5-19(18)14-23-20(21)25/h1-2,4-9H,3,10-12,14-15H2,(H,23,25). The Morgan fingerprint density at radius 3 is 2.64 bits per heavy atom. The molecule has 2 aliphatic rings. The minimum Gasteiger partial charge on any atom is -0.350 e. The molecule has 0 saturated carbocycles. The van der Waals surface area contributed by atoms with Crippen molar-refractivity contribution in [3.8, 4) is 6.07 Å². The zero-order valence-electron chi connectivity index (χ0n) is 14.2. The van der Waals surface area contributed by atoms with Crippen molar-refractivity contribution in [2.75, 3.05) is 6.54 Å². The summed E-state index contributed by atoms with van der Waals surface area (Å²) in [4.78, 5) is 15.3. The maximum atomic E-state index is 13.0. The smallest absolute Gasteiger partial charge is 0.241 e. The molecule has 0 radical (unpaired) electrons. The Labute approximate surface area is 148 Å². The number of nitriles is 1. The number of hydrogen-bond acceptors (Lipinski definition) is 3. The van der Waals surface area contributed by atoms with Gasteiger partial charge in [-0.15, -0.1) is 0 Å². The Kier molecular flexibility index (Phi) is 4.03. The summed E-state index contributed by atoms with van der Waals surface area (Å²) in [5.41, 5.74) is 3.85. The van der Waals surface area contributed by atoms with Crippen molar-refractivity contribution in [3.05, 3.63) is 70.8 Å². The van der Waals surface area contributed by atoms with Gasteiger partial charge in [-0.25, -0.2) is 0 Å². The van der Waals surface area contributed by atoms with E-state index < -0.39 is 5.54 Å².